The van der Waals surface area contributed by atoms with Crippen LogP contribution < -0.4 is 5.43 Å². The molecule has 1 N–H and O–H groups in total. The lowest BCUT2D eigenvalue weighted by atomic mass is 9.91. The second-order valence-corrected chi connectivity index (χ2v) is 5.84. The number of carbonyl (C=O) groups excluding carboxylic acids is 1. The molecule has 0 aliphatic rings. The average molecular weight is 359 g/mol. The van der Waals surface area contributed by atoms with E-state index in [1.54, 1.807) is 12.1 Å². The highest BCUT2D eigenvalue weighted by molar-refractivity contribution is 5.88. The molecule has 0 spiro atoms. The highest BCUT2D eigenvalue weighted by atomic mass is 16.6. The number of amides is 1. The zero-order valence-electron chi connectivity index (χ0n) is 14.4. The quantitative estimate of drug-likeness (QED) is 0.412. The minimum absolute atomic E-state index is 0.00408. The van der Waals surface area contributed by atoms with Crippen LogP contribution in [0.4, 0.5) is 5.69 Å². The van der Waals surface area contributed by atoms with Gasteiger partial charge in [-0.05, 0) is 28.8 Å². The summed E-state index contributed by atoms with van der Waals surface area (Å²) < 4.78 is 0. The Hall–Kier alpha value is -3.80. The maximum absolute atomic E-state index is 12.8. The molecule has 0 fully saturated rings. The number of nitrogens with one attached hydrogen (secondary N) is 1. The Kier molecular flexibility index (Phi) is 5.69. The first kappa shape index (κ1) is 18.0. The number of carbonyl (C=O) groups is 1. The van der Waals surface area contributed by atoms with Crippen LogP contribution in [-0.4, -0.2) is 17.0 Å². The predicted molar refractivity (Wildman–Crippen MR) is 104 cm³/mol. The standard InChI is InChI=1S/C21H17N3O3/c25-21(23-22-15-16-11-13-19(14-12-16)24(26)27)20(17-7-3-1-4-8-17)18-9-5-2-6-10-18/h1-15,20H,(H,23,25)/b22-15+. The minimum atomic E-state index is -0.485. The van der Waals surface area contributed by atoms with Gasteiger partial charge in [0, 0.05) is 12.1 Å². The van der Waals surface area contributed by atoms with Gasteiger partial charge in [-0.25, -0.2) is 5.43 Å². The van der Waals surface area contributed by atoms with Gasteiger partial charge in [0.15, 0.2) is 0 Å². The van der Waals surface area contributed by atoms with Gasteiger partial charge in [0.25, 0.3) is 11.6 Å². The van der Waals surface area contributed by atoms with Gasteiger partial charge in [0.2, 0.25) is 0 Å². The SMILES string of the molecule is O=C(N/N=C/c1ccc([N+](=O)[O-])cc1)C(c1ccccc1)c1ccccc1. The van der Waals surface area contributed by atoms with E-state index in [2.05, 4.69) is 10.5 Å². The molecule has 0 atom stereocenters. The second-order valence-electron chi connectivity index (χ2n) is 5.84. The van der Waals surface area contributed by atoms with E-state index in [1.807, 2.05) is 60.7 Å². The molecule has 134 valence electrons. The number of benzene rings is 3. The van der Waals surface area contributed by atoms with Crippen LogP contribution in [0.2, 0.25) is 0 Å². The number of rotatable bonds is 6. The molecule has 6 heteroatoms. The average Bonchev–Trinajstić information content (AvgIpc) is 2.70. The Balaban J connectivity index is 1.76. The van der Waals surface area contributed by atoms with Crippen molar-refractivity contribution in [2.24, 2.45) is 5.10 Å². The molecule has 0 heterocycles. The Bertz CT molecular complexity index is 900. The number of hydrazone groups is 1. The van der Waals surface area contributed by atoms with Gasteiger partial charge in [0.1, 0.15) is 0 Å². The predicted octanol–water partition coefficient (Wildman–Crippen LogP) is 3.88. The number of hydrogen-bond donors (Lipinski definition) is 1. The summed E-state index contributed by atoms with van der Waals surface area (Å²) in [5, 5.41) is 14.7. The van der Waals surface area contributed by atoms with E-state index < -0.39 is 10.8 Å². The van der Waals surface area contributed by atoms with Crippen molar-refractivity contribution in [1.82, 2.24) is 5.43 Å². The molecule has 0 saturated heterocycles. The number of nitro benzene ring substituents is 1. The monoisotopic (exact) mass is 359 g/mol. The van der Waals surface area contributed by atoms with Gasteiger partial charge in [0.05, 0.1) is 17.1 Å². The fourth-order valence-electron chi connectivity index (χ4n) is 2.70. The Morgan fingerprint density at radius 2 is 1.41 bits per heavy atom. The fraction of sp³-hybridized carbons (Fsp3) is 0.0476. The molecule has 1 amide bonds. The van der Waals surface area contributed by atoms with Gasteiger partial charge in [-0.15, -0.1) is 0 Å². The summed E-state index contributed by atoms with van der Waals surface area (Å²) in [6.45, 7) is 0. The van der Waals surface area contributed by atoms with Crippen LogP contribution in [0.3, 0.4) is 0 Å². The van der Waals surface area contributed by atoms with Crippen LogP contribution in [0.25, 0.3) is 0 Å². The summed E-state index contributed by atoms with van der Waals surface area (Å²) >= 11 is 0. The number of hydrogen-bond acceptors (Lipinski definition) is 4. The normalized spacial score (nSPS) is 10.9. The van der Waals surface area contributed by atoms with Crippen LogP contribution >= 0.6 is 0 Å². The first-order valence-electron chi connectivity index (χ1n) is 8.32. The summed E-state index contributed by atoms with van der Waals surface area (Å²) in [4.78, 5) is 23.0. The van der Waals surface area contributed by atoms with Gasteiger partial charge >= 0.3 is 0 Å². The van der Waals surface area contributed by atoms with E-state index in [0.717, 1.165) is 11.1 Å². The van der Waals surface area contributed by atoms with Crippen molar-refractivity contribution in [3.8, 4) is 0 Å². The van der Waals surface area contributed by atoms with Gasteiger partial charge in [-0.1, -0.05) is 60.7 Å². The van der Waals surface area contributed by atoms with Crippen LogP contribution in [0.15, 0.2) is 90.0 Å². The van der Waals surface area contributed by atoms with E-state index >= 15 is 0 Å². The largest absolute Gasteiger partial charge is 0.272 e. The van der Waals surface area contributed by atoms with Crippen molar-refractivity contribution in [3.05, 3.63) is 112 Å². The Morgan fingerprint density at radius 1 is 0.889 bits per heavy atom. The number of nitro groups is 1. The molecule has 0 saturated carbocycles. The van der Waals surface area contributed by atoms with Crippen LogP contribution in [0, 0.1) is 10.1 Å². The van der Waals surface area contributed by atoms with E-state index in [-0.39, 0.29) is 11.6 Å². The number of non-ortho nitro benzene ring substituents is 1. The first-order chi connectivity index (χ1) is 13.1. The molecule has 6 nitrogen and oxygen atoms in total. The van der Waals surface area contributed by atoms with Crippen molar-refractivity contribution in [2.45, 2.75) is 5.92 Å². The minimum Gasteiger partial charge on any atom is -0.272 e. The Morgan fingerprint density at radius 3 is 1.89 bits per heavy atom. The van der Waals surface area contributed by atoms with Crippen molar-refractivity contribution in [1.29, 1.82) is 0 Å². The molecule has 3 aromatic rings. The number of nitrogens with zero attached hydrogens (tertiary/aromatic N) is 2. The zero-order valence-corrected chi connectivity index (χ0v) is 14.4. The first-order valence-corrected chi connectivity index (χ1v) is 8.32. The molecule has 0 aliphatic heterocycles. The van der Waals surface area contributed by atoms with Crippen molar-refractivity contribution >= 4 is 17.8 Å². The zero-order chi connectivity index (χ0) is 19.1. The van der Waals surface area contributed by atoms with E-state index in [0.29, 0.717) is 5.56 Å². The fourth-order valence-corrected chi connectivity index (χ4v) is 2.70. The van der Waals surface area contributed by atoms with Crippen molar-refractivity contribution in [2.75, 3.05) is 0 Å². The molecule has 0 aromatic heterocycles. The molecule has 3 rings (SSSR count). The Labute approximate surface area is 156 Å². The molecular weight excluding hydrogens is 342 g/mol. The smallest absolute Gasteiger partial charge is 0.269 e. The van der Waals surface area contributed by atoms with E-state index in [9.17, 15) is 14.9 Å². The van der Waals surface area contributed by atoms with E-state index in [1.165, 1.54) is 18.3 Å². The van der Waals surface area contributed by atoms with Gasteiger partial charge < -0.3 is 0 Å². The third-order valence-corrected chi connectivity index (χ3v) is 4.02. The molecular formula is C21H17N3O3. The maximum Gasteiger partial charge on any atom is 0.269 e. The topological polar surface area (TPSA) is 84.6 Å². The molecule has 0 bridgehead atoms. The summed E-state index contributed by atoms with van der Waals surface area (Å²) in [7, 11) is 0. The van der Waals surface area contributed by atoms with Crippen LogP contribution in [0.5, 0.6) is 0 Å². The molecule has 0 radical (unpaired) electrons. The van der Waals surface area contributed by atoms with Gasteiger partial charge in [-0.3, -0.25) is 14.9 Å². The highest BCUT2D eigenvalue weighted by Crippen LogP contribution is 2.24. The van der Waals surface area contributed by atoms with Crippen molar-refractivity contribution in [3.63, 3.8) is 0 Å². The maximum atomic E-state index is 12.8. The summed E-state index contributed by atoms with van der Waals surface area (Å²) in [5.41, 5.74) is 4.95. The summed E-state index contributed by atoms with van der Waals surface area (Å²) in [5.74, 6) is -0.744. The summed E-state index contributed by atoms with van der Waals surface area (Å²) in [6.07, 6.45) is 1.45. The second kappa shape index (κ2) is 8.53. The third kappa shape index (κ3) is 4.64. The molecule has 3 aromatic carbocycles. The van der Waals surface area contributed by atoms with Gasteiger partial charge in [-0.2, -0.15) is 5.10 Å². The lowest BCUT2D eigenvalue weighted by Crippen LogP contribution is -2.26. The lowest BCUT2D eigenvalue weighted by Gasteiger charge is -2.16. The molecule has 27 heavy (non-hydrogen) atoms. The lowest BCUT2D eigenvalue weighted by molar-refractivity contribution is -0.384. The molecule has 0 aliphatic carbocycles. The summed E-state index contributed by atoms with van der Waals surface area (Å²) in [6, 6.07) is 24.9. The van der Waals surface area contributed by atoms with Crippen molar-refractivity contribution < 1.29 is 9.72 Å². The molecule has 0 unspecified atom stereocenters. The van der Waals surface area contributed by atoms with E-state index in [4.69, 9.17) is 0 Å². The third-order valence-electron chi connectivity index (χ3n) is 4.02. The van der Waals surface area contributed by atoms with Crippen LogP contribution in [-0.2, 0) is 4.79 Å². The highest BCUT2D eigenvalue weighted by Gasteiger charge is 2.22. The van der Waals surface area contributed by atoms with Crippen LogP contribution in [0.1, 0.15) is 22.6 Å².